The number of hydrogen-bond acceptors (Lipinski definition) is 4. The van der Waals surface area contributed by atoms with Gasteiger partial charge in [0.2, 0.25) is 0 Å². The second-order valence-electron chi connectivity index (χ2n) is 4.40. The van der Waals surface area contributed by atoms with Crippen molar-refractivity contribution in [3.05, 3.63) is 27.8 Å². The number of halogens is 1. The summed E-state index contributed by atoms with van der Waals surface area (Å²) >= 11 is 2.30. The highest BCUT2D eigenvalue weighted by molar-refractivity contribution is 14.1. The third-order valence-corrected chi connectivity index (χ3v) is 3.17. The molecule has 0 spiro atoms. The van der Waals surface area contributed by atoms with Crippen LogP contribution in [0, 0.1) is 3.57 Å². The lowest BCUT2D eigenvalue weighted by Gasteiger charge is -2.10. The normalized spacial score (nSPS) is 9.71. The van der Waals surface area contributed by atoms with Gasteiger partial charge in [0.05, 0.1) is 10.2 Å². The monoisotopic (exact) mass is 409 g/mol. The van der Waals surface area contributed by atoms with Crippen LogP contribution in [-0.2, 0) is 9.59 Å². The number of para-hydroxylation sites is 1. The van der Waals surface area contributed by atoms with Crippen molar-refractivity contribution in [1.82, 2.24) is 4.90 Å². The number of unbranched alkanes of at least 4 members (excludes halogenated alkanes) is 1. The predicted molar refractivity (Wildman–Crippen MR) is 87.7 cm³/mol. The van der Waals surface area contributed by atoms with Gasteiger partial charge in [-0.1, -0.05) is 12.1 Å². The molecule has 118 valence electrons. The molecule has 0 fully saturated rings. The van der Waals surface area contributed by atoms with Crippen LogP contribution in [0.1, 0.15) is 12.8 Å². The second-order valence-corrected chi connectivity index (χ2v) is 5.56. The first-order valence-corrected chi connectivity index (χ1v) is 7.40. The van der Waals surface area contributed by atoms with Crippen LogP contribution in [0.3, 0.4) is 0 Å². The molecule has 6 nitrogen and oxygen atoms in total. The number of carboxylic acid groups (broad SMARTS) is 2. The average Bonchev–Trinajstić information content (AvgIpc) is 2.40. The Bertz CT molecular complexity index is 439. The minimum Gasteiger partial charge on any atom is -0.492 e. The second kappa shape index (κ2) is 11.3. The molecule has 0 aliphatic heterocycles. The van der Waals surface area contributed by atoms with E-state index in [0.717, 1.165) is 25.3 Å². The molecule has 0 atom stereocenters. The number of ether oxygens (including phenoxy) is 1. The molecule has 0 unspecified atom stereocenters. The highest BCUT2D eigenvalue weighted by Gasteiger charge is 2.04. The van der Waals surface area contributed by atoms with Crippen molar-refractivity contribution in [2.75, 3.05) is 27.2 Å². The molecule has 0 saturated heterocycles. The summed E-state index contributed by atoms with van der Waals surface area (Å²) in [6.45, 7) is 1.95. The van der Waals surface area contributed by atoms with E-state index in [1.54, 1.807) is 0 Å². The van der Waals surface area contributed by atoms with Gasteiger partial charge >= 0.3 is 11.9 Å². The number of hydrogen-bond donors (Lipinski definition) is 2. The van der Waals surface area contributed by atoms with E-state index in [4.69, 9.17) is 24.5 Å². The topological polar surface area (TPSA) is 87.1 Å². The summed E-state index contributed by atoms with van der Waals surface area (Å²) in [6, 6.07) is 8.13. The molecule has 0 radical (unpaired) electrons. The molecule has 21 heavy (non-hydrogen) atoms. The summed E-state index contributed by atoms with van der Waals surface area (Å²) in [5.41, 5.74) is 0. The Hall–Kier alpha value is -1.35. The van der Waals surface area contributed by atoms with Gasteiger partial charge in [-0.25, -0.2) is 9.59 Å². The van der Waals surface area contributed by atoms with Crippen molar-refractivity contribution >= 4 is 34.5 Å². The maximum Gasteiger partial charge on any atom is 0.414 e. The molecular weight excluding hydrogens is 389 g/mol. The van der Waals surface area contributed by atoms with E-state index in [9.17, 15) is 0 Å². The molecule has 0 saturated carbocycles. The van der Waals surface area contributed by atoms with Gasteiger partial charge in [-0.2, -0.15) is 0 Å². The number of aliphatic carboxylic acids is 2. The van der Waals surface area contributed by atoms with Crippen LogP contribution < -0.4 is 4.74 Å². The molecule has 0 bridgehead atoms. The largest absolute Gasteiger partial charge is 0.492 e. The molecular formula is C14H20INO5. The third kappa shape index (κ3) is 11.0. The molecule has 0 aliphatic rings. The smallest absolute Gasteiger partial charge is 0.414 e. The van der Waals surface area contributed by atoms with Gasteiger partial charge in [-0.05, 0) is 68.2 Å². The first kappa shape index (κ1) is 19.7. The van der Waals surface area contributed by atoms with E-state index in [-0.39, 0.29) is 0 Å². The van der Waals surface area contributed by atoms with Crippen molar-refractivity contribution in [2.24, 2.45) is 0 Å². The van der Waals surface area contributed by atoms with E-state index < -0.39 is 11.9 Å². The van der Waals surface area contributed by atoms with Gasteiger partial charge in [0, 0.05) is 0 Å². The lowest BCUT2D eigenvalue weighted by atomic mass is 10.3. The molecule has 1 aromatic carbocycles. The summed E-state index contributed by atoms with van der Waals surface area (Å²) in [6.07, 6.45) is 2.31. The highest BCUT2D eigenvalue weighted by Crippen LogP contribution is 2.19. The fourth-order valence-electron chi connectivity index (χ4n) is 1.27. The van der Waals surface area contributed by atoms with Gasteiger partial charge in [0.25, 0.3) is 0 Å². The summed E-state index contributed by atoms with van der Waals surface area (Å²) in [5, 5.41) is 14.8. The van der Waals surface area contributed by atoms with Crippen molar-refractivity contribution in [3.63, 3.8) is 0 Å². The molecule has 1 aromatic rings. The van der Waals surface area contributed by atoms with Crippen LogP contribution in [0.5, 0.6) is 5.75 Å². The average molecular weight is 409 g/mol. The van der Waals surface area contributed by atoms with E-state index >= 15 is 0 Å². The standard InChI is InChI=1S/C12H18INO.C2H2O4/c1-14(2)9-5-6-10-15-12-8-4-3-7-11(12)13;3-1(4)2(5)6/h3-4,7-8H,5-6,9-10H2,1-2H3;(H,3,4)(H,5,6). The first-order chi connectivity index (χ1) is 9.84. The van der Waals surface area contributed by atoms with Crippen LogP contribution in [-0.4, -0.2) is 54.3 Å². The van der Waals surface area contributed by atoms with Gasteiger partial charge in [-0.15, -0.1) is 0 Å². The van der Waals surface area contributed by atoms with Crippen molar-refractivity contribution < 1.29 is 24.5 Å². The van der Waals surface area contributed by atoms with E-state index in [2.05, 4.69) is 47.7 Å². The maximum atomic E-state index is 9.10. The Morgan fingerprint density at radius 3 is 2.19 bits per heavy atom. The van der Waals surface area contributed by atoms with E-state index in [0.29, 0.717) is 0 Å². The van der Waals surface area contributed by atoms with Gasteiger partial charge in [-0.3, -0.25) is 0 Å². The van der Waals surface area contributed by atoms with Crippen LogP contribution in [0.25, 0.3) is 0 Å². The zero-order valence-corrected chi connectivity index (χ0v) is 14.2. The minimum absolute atomic E-state index is 0.813. The van der Waals surface area contributed by atoms with E-state index in [1.165, 1.54) is 9.99 Å². The molecule has 7 heteroatoms. The molecule has 0 heterocycles. The number of carboxylic acids is 2. The summed E-state index contributed by atoms with van der Waals surface area (Å²) in [4.78, 5) is 20.4. The summed E-state index contributed by atoms with van der Waals surface area (Å²) in [7, 11) is 4.20. The summed E-state index contributed by atoms with van der Waals surface area (Å²) < 4.78 is 6.88. The number of benzene rings is 1. The Kier molecular flexibility index (Phi) is 10.6. The van der Waals surface area contributed by atoms with Gasteiger partial charge < -0.3 is 19.8 Å². The van der Waals surface area contributed by atoms with Crippen molar-refractivity contribution in [3.8, 4) is 5.75 Å². The minimum atomic E-state index is -1.82. The van der Waals surface area contributed by atoms with Crippen molar-refractivity contribution in [2.45, 2.75) is 12.8 Å². The highest BCUT2D eigenvalue weighted by atomic mass is 127. The van der Waals surface area contributed by atoms with Gasteiger partial charge in [0.15, 0.2) is 0 Å². The SMILES string of the molecule is CN(C)CCCCOc1ccccc1I.O=C(O)C(=O)O. The zero-order valence-electron chi connectivity index (χ0n) is 12.1. The maximum absolute atomic E-state index is 9.10. The van der Waals surface area contributed by atoms with Crippen LogP contribution in [0.2, 0.25) is 0 Å². The third-order valence-electron chi connectivity index (χ3n) is 2.28. The first-order valence-electron chi connectivity index (χ1n) is 6.33. The van der Waals surface area contributed by atoms with E-state index in [1.807, 2.05) is 18.2 Å². The number of nitrogens with zero attached hydrogens (tertiary/aromatic N) is 1. The number of rotatable bonds is 6. The Morgan fingerprint density at radius 2 is 1.71 bits per heavy atom. The molecule has 0 aromatic heterocycles. The Morgan fingerprint density at radius 1 is 1.14 bits per heavy atom. The Labute approximate surface area is 137 Å². The molecule has 1 rings (SSSR count). The lowest BCUT2D eigenvalue weighted by Crippen LogP contribution is -2.13. The fraction of sp³-hybridized carbons (Fsp3) is 0.429. The van der Waals surface area contributed by atoms with Crippen LogP contribution >= 0.6 is 22.6 Å². The van der Waals surface area contributed by atoms with Crippen LogP contribution in [0.4, 0.5) is 0 Å². The number of carbonyl (C=O) groups is 2. The predicted octanol–water partition coefficient (Wildman–Crippen LogP) is 2.17. The Balaban J connectivity index is 0.000000567. The fourth-order valence-corrected chi connectivity index (χ4v) is 1.82. The quantitative estimate of drug-likeness (QED) is 0.426. The lowest BCUT2D eigenvalue weighted by molar-refractivity contribution is -0.159. The van der Waals surface area contributed by atoms with Crippen molar-refractivity contribution in [1.29, 1.82) is 0 Å². The zero-order chi connectivity index (χ0) is 16.3. The molecule has 2 N–H and O–H groups in total. The van der Waals surface area contributed by atoms with Gasteiger partial charge in [0.1, 0.15) is 5.75 Å². The van der Waals surface area contributed by atoms with Crippen LogP contribution in [0.15, 0.2) is 24.3 Å². The summed E-state index contributed by atoms with van der Waals surface area (Å²) in [5.74, 6) is -2.65. The molecule has 0 aliphatic carbocycles. The molecule has 0 amide bonds.